The maximum Gasteiger partial charge on any atom is 0.251 e. The highest BCUT2D eigenvalue weighted by Gasteiger charge is 2.43. The molecule has 3 aromatic carbocycles. The first-order valence-electron chi connectivity index (χ1n) is 9.58. The van der Waals surface area contributed by atoms with Gasteiger partial charge in [0.15, 0.2) is 0 Å². The van der Waals surface area contributed by atoms with Gasteiger partial charge in [0.25, 0.3) is 6.23 Å². The van der Waals surface area contributed by atoms with Gasteiger partial charge in [0.1, 0.15) is 5.75 Å². The fraction of sp³-hybridized carbons (Fsp3) is 0.167. The van der Waals surface area contributed by atoms with Crippen LogP contribution in [-0.4, -0.2) is 22.7 Å². The van der Waals surface area contributed by atoms with Crippen LogP contribution < -0.4 is 4.74 Å². The molecule has 0 fully saturated rings. The SMILES string of the molecule is Cc1ccc(C(=O)[C@@H]2Oc3ccc(Br)cc3[C@H]3CC(c4ccccc4)=NN32)cc1. The number of rotatable bonds is 3. The van der Waals surface area contributed by atoms with E-state index in [1.54, 1.807) is 0 Å². The highest BCUT2D eigenvalue weighted by Crippen LogP contribution is 2.44. The van der Waals surface area contributed by atoms with Crippen LogP contribution in [0.3, 0.4) is 0 Å². The van der Waals surface area contributed by atoms with Crippen molar-refractivity contribution in [1.29, 1.82) is 0 Å². The lowest BCUT2D eigenvalue weighted by Gasteiger charge is -2.37. The number of hydrogen-bond acceptors (Lipinski definition) is 4. The molecule has 0 N–H and O–H groups in total. The summed E-state index contributed by atoms with van der Waals surface area (Å²) in [6, 6.07) is 23.6. The van der Waals surface area contributed by atoms with Crippen LogP contribution in [0.1, 0.15) is 39.5 Å². The Labute approximate surface area is 177 Å². The minimum absolute atomic E-state index is 0.0362. The van der Waals surface area contributed by atoms with E-state index in [2.05, 4.69) is 34.1 Å². The Kier molecular flexibility index (Phi) is 4.47. The molecule has 0 aliphatic carbocycles. The Morgan fingerprint density at radius 3 is 2.59 bits per heavy atom. The third-order valence-corrected chi connectivity index (χ3v) is 5.91. The average Bonchev–Trinajstić information content (AvgIpc) is 3.20. The van der Waals surface area contributed by atoms with Gasteiger partial charge in [-0.3, -0.25) is 4.79 Å². The quantitative estimate of drug-likeness (QED) is 0.498. The number of ketones is 1. The fourth-order valence-corrected chi connectivity index (χ4v) is 4.28. The summed E-state index contributed by atoms with van der Waals surface area (Å²) < 4.78 is 7.16. The summed E-state index contributed by atoms with van der Waals surface area (Å²) in [6.45, 7) is 2.01. The lowest BCUT2D eigenvalue weighted by Crippen LogP contribution is -2.45. The third-order valence-electron chi connectivity index (χ3n) is 5.42. The van der Waals surface area contributed by atoms with E-state index in [0.717, 1.165) is 39.0 Å². The molecule has 0 saturated heterocycles. The monoisotopic (exact) mass is 446 g/mol. The van der Waals surface area contributed by atoms with Crippen molar-refractivity contribution in [2.24, 2.45) is 5.10 Å². The third kappa shape index (κ3) is 3.25. The van der Waals surface area contributed by atoms with Crippen LogP contribution in [-0.2, 0) is 0 Å². The van der Waals surface area contributed by atoms with E-state index in [1.807, 2.05) is 66.5 Å². The van der Waals surface area contributed by atoms with Gasteiger partial charge in [0.05, 0.1) is 11.8 Å². The molecule has 5 heteroatoms. The Morgan fingerprint density at radius 1 is 1.07 bits per heavy atom. The van der Waals surface area contributed by atoms with E-state index in [1.165, 1.54) is 0 Å². The number of hydrogen-bond donors (Lipinski definition) is 0. The van der Waals surface area contributed by atoms with E-state index in [4.69, 9.17) is 9.84 Å². The zero-order valence-corrected chi connectivity index (χ0v) is 17.5. The second kappa shape index (κ2) is 7.16. The van der Waals surface area contributed by atoms with Crippen molar-refractivity contribution in [2.45, 2.75) is 25.6 Å². The van der Waals surface area contributed by atoms with Gasteiger partial charge in [-0.05, 0) is 30.7 Å². The second-order valence-corrected chi connectivity index (χ2v) is 8.31. The molecule has 0 bridgehead atoms. The van der Waals surface area contributed by atoms with Gasteiger partial charge in [-0.25, -0.2) is 5.01 Å². The minimum Gasteiger partial charge on any atom is -0.461 e. The molecular formula is C24H19BrN2O2. The number of Topliss-reactive ketones (excluding diaryl/α,β-unsaturated/α-hetero) is 1. The first-order chi connectivity index (χ1) is 14.1. The second-order valence-electron chi connectivity index (χ2n) is 7.40. The number of carbonyl (C=O) groups excluding carboxylic acids is 1. The lowest BCUT2D eigenvalue weighted by molar-refractivity contribution is -0.00459. The standard InChI is InChI=1S/C24H19BrN2O2/c1-15-7-9-17(10-8-15)23(28)24-27-21(19-13-18(25)11-12-22(19)29-24)14-20(26-27)16-5-3-2-4-6-16/h2-13,21,24H,14H2,1H3/t21-,24+/m1/s1. The Morgan fingerprint density at radius 2 is 1.83 bits per heavy atom. The normalized spacial score (nSPS) is 19.8. The fourth-order valence-electron chi connectivity index (χ4n) is 3.90. The number of hydrazone groups is 1. The van der Waals surface area contributed by atoms with Gasteiger partial charge in [-0.15, -0.1) is 0 Å². The molecule has 2 atom stereocenters. The summed E-state index contributed by atoms with van der Waals surface area (Å²) >= 11 is 3.56. The van der Waals surface area contributed by atoms with Gasteiger partial charge in [0.2, 0.25) is 5.78 Å². The maximum absolute atomic E-state index is 13.3. The molecule has 2 aliphatic rings. The molecule has 144 valence electrons. The van der Waals surface area contributed by atoms with Gasteiger partial charge in [0, 0.05) is 22.0 Å². The zero-order chi connectivity index (χ0) is 20.0. The highest BCUT2D eigenvalue weighted by atomic mass is 79.9. The van der Waals surface area contributed by atoms with Crippen LogP contribution in [0.2, 0.25) is 0 Å². The number of benzene rings is 3. The summed E-state index contributed by atoms with van der Waals surface area (Å²) in [5.74, 6) is 0.658. The van der Waals surface area contributed by atoms with E-state index in [9.17, 15) is 4.79 Å². The Bertz CT molecular complexity index is 1110. The molecule has 0 unspecified atom stereocenters. The summed E-state index contributed by atoms with van der Waals surface area (Å²) in [6.07, 6.45) is -0.0493. The smallest absolute Gasteiger partial charge is 0.251 e. The van der Waals surface area contributed by atoms with Crippen LogP contribution in [0, 0.1) is 6.92 Å². The summed E-state index contributed by atoms with van der Waals surface area (Å²) in [4.78, 5) is 13.3. The number of nitrogens with zero attached hydrogens (tertiary/aromatic N) is 2. The van der Waals surface area contributed by atoms with Crippen molar-refractivity contribution < 1.29 is 9.53 Å². The average molecular weight is 447 g/mol. The first kappa shape index (κ1) is 18.1. The summed E-state index contributed by atoms with van der Waals surface area (Å²) in [7, 11) is 0. The summed E-state index contributed by atoms with van der Waals surface area (Å²) in [5.41, 5.74) is 4.82. The Balaban J connectivity index is 1.57. The summed E-state index contributed by atoms with van der Waals surface area (Å²) in [5, 5.41) is 6.68. The Hall–Kier alpha value is -2.92. The molecule has 0 saturated carbocycles. The van der Waals surface area contributed by atoms with E-state index in [0.29, 0.717) is 5.56 Å². The molecule has 0 amide bonds. The molecule has 3 aromatic rings. The lowest BCUT2D eigenvalue weighted by atomic mass is 9.95. The zero-order valence-electron chi connectivity index (χ0n) is 15.9. The van der Waals surface area contributed by atoms with Crippen LogP contribution in [0.15, 0.2) is 82.4 Å². The van der Waals surface area contributed by atoms with Crippen LogP contribution in [0.5, 0.6) is 5.75 Å². The number of aryl methyl sites for hydroxylation is 1. The van der Waals surface area contributed by atoms with Crippen molar-refractivity contribution >= 4 is 27.4 Å². The molecule has 29 heavy (non-hydrogen) atoms. The molecule has 0 aromatic heterocycles. The van der Waals surface area contributed by atoms with Crippen LogP contribution in [0.4, 0.5) is 0 Å². The van der Waals surface area contributed by atoms with Crippen molar-refractivity contribution in [3.8, 4) is 5.75 Å². The molecule has 2 aliphatic heterocycles. The predicted octanol–water partition coefficient (Wildman–Crippen LogP) is 5.51. The van der Waals surface area contributed by atoms with Gasteiger partial charge < -0.3 is 4.74 Å². The largest absolute Gasteiger partial charge is 0.461 e. The molecule has 0 radical (unpaired) electrons. The van der Waals surface area contributed by atoms with E-state index >= 15 is 0 Å². The number of halogens is 1. The van der Waals surface area contributed by atoms with Crippen molar-refractivity contribution in [1.82, 2.24) is 5.01 Å². The van der Waals surface area contributed by atoms with Gasteiger partial charge >= 0.3 is 0 Å². The molecule has 0 spiro atoms. The van der Waals surface area contributed by atoms with Crippen molar-refractivity contribution in [3.05, 3.63) is 99.5 Å². The minimum atomic E-state index is -0.780. The number of carbonyl (C=O) groups is 1. The van der Waals surface area contributed by atoms with Crippen molar-refractivity contribution in [3.63, 3.8) is 0 Å². The van der Waals surface area contributed by atoms with Gasteiger partial charge in [-0.1, -0.05) is 76.1 Å². The number of fused-ring (bicyclic) bond motifs is 3. The first-order valence-corrected chi connectivity index (χ1v) is 10.4. The van der Waals surface area contributed by atoms with E-state index < -0.39 is 6.23 Å². The van der Waals surface area contributed by atoms with E-state index in [-0.39, 0.29) is 11.8 Å². The topological polar surface area (TPSA) is 41.9 Å². The van der Waals surface area contributed by atoms with Crippen LogP contribution in [0.25, 0.3) is 0 Å². The molecule has 5 rings (SSSR count). The van der Waals surface area contributed by atoms with Gasteiger partial charge in [-0.2, -0.15) is 5.10 Å². The van der Waals surface area contributed by atoms with Crippen LogP contribution >= 0.6 is 15.9 Å². The molecular weight excluding hydrogens is 428 g/mol. The highest BCUT2D eigenvalue weighted by molar-refractivity contribution is 9.10. The predicted molar refractivity (Wildman–Crippen MR) is 116 cm³/mol. The maximum atomic E-state index is 13.3. The van der Waals surface area contributed by atoms with Crippen molar-refractivity contribution in [2.75, 3.05) is 0 Å². The number of ether oxygens (including phenoxy) is 1. The molecule has 4 nitrogen and oxygen atoms in total. The molecule has 2 heterocycles.